The van der Waals surface area contributed by atoms with E-state index in [0.717, 1.165) is 178 Å². The minimum atomic E-state index is 0.815. The molecule has 16 fully saturated rings. The summed E-state index contributed by atoms with van der Waals surface area (Å²) >= 11 is 0. The molecule has 10 unspecified atom stereocenters. The fraction of sp³-hybridized carbons (Fsp3) is 0.925. The largest absolute Gasteiger partial charge is 0.294 e. The third-order valence-electron chi connectivity index (χ3n) is 38.0. The van der Waals surface area contributed by atoms with Crippen molar-refractivity contribution in [3.05, 3.63) is 46.6 Å². The van der Waals surface area contributed by atoms with Gasteiger partial charge in [0.25, 0.3) is 0 Å². The van der Waals surface area contributed by atoms with Crippen LogP contribution in [0.3, 0.4) is 0 Å². The van der Waals surface area contributed by atoms with Crippen molar-refractivity contribution in [1.82, 2.24) is 9.80 Å². The van der Waals surface area contributed by atoms with Crippen LogP contribution in [0.15, 0.2) is 46.6 Å². The van der Waals surface area contributed by atoms with Crippen molar-refractivity contribution in [3.63, 3.8) is 0 Å². The van der Waals surface area contributed by atoms with Gasteiger partial charge in [0.2, 0.25) is 0 Å². The zero-order valence-electron chi connectivity index (χ0n) is 72.4. The maximum Gasteiger partial charge on any atom is 0.0158 e. The average molecular weight is 1480 g/mol. The van der Waals surface area contributed by atoms with Crippen LogP contribution in [0.2, 0.25) is 0 Å². The van der Waals surface area contributed by atoms with Crippen molar-refractivity contribution < 1.29 is 0 Å². The third-order valence-corrected chi connectivity index (χ3v) is 38.0. The summed E-state index contributed by atoms with van der Waals surface area (Å²) in [5.74, 6) is 21.8. The number of nitrogens with zero attached hydrogens (tertiary/aromatic N) is 2. The Hall–Kier alpha value is -1.12. The van der Waals surface area contributed by atoms with Gasteiger partial charge in [0.1, 0.15) is 0 Å². The normalized spacial score (nSPS) is 44.4. The number of rotatable bonds is 19. The van der Waals surface area contributed by atoms with Gasteiger partial charge >= 0.3 is 0 Å². The Morgan fingerprint density at radius 3 is 0.602 bits per heavy atom. The first kappa shape index (κ1) is 80.7. The van der Waals surface area contributed by atoms with Crippen molar-refractivity contribution in [2.75, 3.05) is 0 Å². The van der Waals surface area contributed by atoms with E-state index in [1.54, 1.807) is 38.5 Å². The summed E-state index contributed by atoms with van der Waals surface area (Å²) in [6.45, 7) is 16.2. The molecule has 0 aromatic heterocycles. The monoisotopic (exact) mass is 1480 g/mol. The number of fused-ring (bicyclic) bond motifs is 2. The lowest BCUT2D eigenvalue weighted by Crippen LogP contribution is -2.63. The van der Waals surface area contributed by atoms with Crippen LogP contribution in [0.25, 0.3) is 0 Å². The number of allylic oxidation sites excluding steroid dienone is 8. The summed E-state index contributed by atoms with van der Waals surface area (Å²) in [6.07, 6.45) is 106. The molecule has 0 radical (unpaired) electrons. The Balaban J connectivity index is 0.666. The molecule has 16 rings (SSSR count). The van der Waals surface area contributed by atoms with E-state index in [9.17, 15) is 0 Å². The lowest BCUT2D eigenvalue weighted by Gasteiger charge is -2.62. The molecule has 16 aliphatic carbocycles. The minimum absolute atomic E-state index is 0.815. The predicted molar refractivity (Wildman–Crippen MR) is 463 cm³/mol. The second-order valence-corrected chi connectivity index (χ2v) is 45.0. The molecule has 0 aromatic rings. The topological polar surface area (TPSA) is 6.48 Å². The van der Waals surface area contributed by atoms with Crippen molar-refractivity contribution in [2.45, 2.75) is 476 Å². The number of hydrogen-bond acceptors (Lipinski definition) is 2. The van der Waals surface area contributed by atoms with E-state index >= 15 is 0 Å². The van der Waals surface area contributed by atoms with E-state index in [4.69, 9.17) is 0 Å². The summed E-state index contributed by atoms with van der Waals surface area (Å²) in [7, 11) is 0. The predicted octanol–water partition coefficient (Wildman–Crippen LogP) is 30.8. The fourth-order valence-electron chi connectivity index (χ4n) is 32.1. The minimum Gasteiger partial charge on any atom is -0.294 e. The molecular weight excluding hydrogens is 1300 g/mol. The van der Waals surface area contributed by atoms with Gasteiger partial charge in [-0.25, -0.2) is 0 Å². The van der Waals surface area contributed by atoms with Crippen LogP contribution in [-0.4, -0.2) is 46.1 Å². The molecule has 610 valence electrons. The molecule has 10 atom stereocenters. The Morgan fingerprint density at radius 1 is 0.185 bits per heavy atom. The molecule has 16 aliphatic rings. The highest BCUT2D eigenvalue weighted by atomic mass is 15.2. The van der Waals surface area contributed by atoms with Gasteiger partial charge in [0.15, 0.2) is 0 Å². The Bertz CT molecular complexity index is 2440. The van der Waals surface area contributed by atoms with Crippen molar-refractivity contribution in [1.29, 1.82) is 0 Å². The molecule has 0 aliphatic heterocycles. The van der Waals surface area contributed by atoms with Crippen LogP contribution in [0.5, 0.6) is 0 Å². The summed E-state index contributed by atoms with van der Waals surface area (Å²) in [6, 6.07) is 4.90. The Morgan fingerprint density at radius 2 is 0.380 bits per heavy atom. The highest BCUT2D eigenvalue weighted by molar-refractivity contribution is 5.21. The molecule has 2 heteroatoms. The van der Waals surface area contributed by atoms with E-state index in [2.05, 4.69) is 75.6 Å². The summed E-state index contributed by atoms with van der Waals surface area (Å²) in [4.78, 5) is 7.16. The zero-order valence-corrected chi connectivity index (χ0v) is 72.4. The smallest absolute Gasteiger partial charge is 0.0158 e. The highest BCUT2D eigenvalue weighted by Gasteiger charge is 2.57. The van der Waals surface area contributed by atoms with Gasteiger partial charge in [-0.3, -0.25) is 9.80 Å². The van der Waals surface area contributed by atoms with Crippen LogP contribution in [0, 0.1) is 142 Å². The molecule has 0 heterocycles. The van der Waals surface area contributed by atoms with Crippen molar-refractivity contribution in [2.24, 2.45) is 142 Å². The molecule has 0 spiro atoms. The number of hydrogen-bond donors (Lipinski definition) is 0. The van der Waals surface area contributed by atoms with E-state index in [0.29, 0.717) is 0 Å². The second kappa shape index (κ2) is 39.0. The molecule has 0 aromatic carbocycles. The SMILES string of the molecule is CC1CCC(/C(=C/C2CCC(N(C3CCC(/C=C(\C4CCCCC4)C4CCC(C)CC4)CC3)C3C(C)CC(C4CC(C)C(N(C5CCC(/C=C(\C6CCCCC6)C6CCC(C)CC6)CC5)C5CCC(/C=C(\C6CCCCC6)C6CCC(C)CC6)CC5)C5CCCCC45)C4CCCCC43)CC2)C2CCCCC2)CC1. The standard InChI is InChI=1S/C106H176N2/c1-73-35-51-87(52-36-73)99(83-23-11-7-12-24-83)69-79-43-59-91(60-44-79)107(92-61-45-80(46-62-92)70-100(84-25-13-8-14-26-84)88-53-37-74(2)38-54-88)105-77(5)67-103(95-31-19-21-33-97(95)105)104-68-78(6)106(98-34-22-20-32-96(98)104)108(93-63-47-81(48-64-93)71-101(85-27-15-9-16-28-85)89-55-39-75(3)40-56-89)94-65-49-82(50-66-94)72-102(86-29-17-10-18-30-86)90-57-41-76(4)42-58-90/h69-98,103-106H,7-68H2,1-6H3/b99-69+,100-70+,101-71+,102-72+. The average Bonchev–Trinajstić information content (AvgIpc) is 0.733. The van der Waals surface area contributed by atoms with Gasteiger partial charge in [-0.05, 0) is 386 Å². The molecule has 0 bridgehead atoms. The van der Waals surface area contributed by atoms with Crippen molar-refractivity contribution in [3.8, 4) is 0 Å². The van der Waals surface area contributed by atoms with E-state index < -0.39 is 0 Å². The Labute approximate surface area is 670 Å². The molecular formula is C106H176N2. The molecule has 2 nitrogen and oxygen atoms in total. The lowest BCUT2D eigenvalue weighted by atomic mass is 9.50. The summed E-state index contributed by atoms with van der Waals surface area (Å²) in [5.41, 5.74) is 8.08. The third kappa shape index (κ3) is 19.5. The molecule has 0 saturated heterocycles. The molecule has 0 N–H and O–H groups in total. The van der Waals surface area contributed by atoms with Crippen LogP contribution in [0.4, 0.5) is 0 Å². The molecule has 0 amide bonds. The molecule has 108 heavy (non-hydrogen) atoms. The van der Waals surface area contributed by atoms with E-state index in [1.165, 1.54) is 360 Å². The first-order valence-corrected chi connectivity index (χ1v) is 51.4. The quantitative estimate of drug-likeness (QED) is 0.119. The van der Waals surface area contributed by atoms with Crippen LogP contribution >= 0.6 is 0 Å². The summed E-state index contributed by atoms with van der Waals surface area (Å²) in [5, 5.41) is 0. The van der Waals surface area contributed by atoms with Gasteiger partial charge in [-0.15, -0.1) is 0 Å². The molecule has 16 saturated carbocycles. The first-order valence-electron chi connectivity index (χ1n) is 51.4. The fourth-order valence-corrected chi connectivity index (χ4v) is 32.1. The van der Waals surface area contributed by atoms with Crippen LogP contribution < -0.4 is 0 Å². The highest BCUT2D eigenvalue weighted by Crippen LogP contribution is 2.61. The maximum atomic E-state index is 3.58. The van der Waals surface area contributed by atoms with Gasteiger partial charge in [-0.1, -0.05) is 242 Å². The van der Waals surface area contributed by atoms with Crippen LogP contribution in [-0.2, 0) is 0 Å². The second-order valence-electron chi connectivity index (χ2n) is 45.0. The van der Waals surface area contributed by atoms with Gasteiger partial charge in [-0.2, -0.15) is 0 Å². The van der Waals surface area contributed by atoms with Gasteiger partial charge in [0, 0.05) is 36.3 Å². The van der Waals surface area contributed by atoms with Gasteiger partial charge < -0.3 is 0 Å². The summed E-state index contributed by atoms with van der Waals surface area (Å²) < 4.78 is 0. The maximum absolute atomic E-state index is 3.58. The zero-order chi connectivity index (χ0) is 73.5. The van der Waals surface area contributed by atoms with Gasteiger partial charge in [0.05, 0.1) is 0 Å². The van der Waals surface area contributed by atoms with Crippen molar-refractivity contribution >= 4 is 0 Å². The first-order chi connectivity index (χ1) is 53.0. The van der Waals surface area contributed by atoms with E-state index in [-0.39, 0.29) is 0 Å². The van der Waals surface area contributed by atoms with Crippen LogP contribution in [0.1, 0.15) is 440 Å². The lowest BCUT2D eigenvalue weighted by molar-refractivity contribution is -0.127. The van der Waals surface area contributed by atoms with E-state index in [1.807, 2.05) is 22.3 Å². The Kier molecular flexibility index (Phi) is 29.1.